The summed E-state index contributed by atoms with van der Waals surface area (Å²) >= 11 is 12.2. The van der Waals surface area contributed by atoms with E-state index in [0.717, 1.165) is 10.5 Å². The number of hydrogen-bond acceptors (Lipinski definition) is 3. The first-order chi connectivity index (χ1) is 11.9. The third-order valence-electron chi connectivity index (χ3n) is 3.67. The van der Waals surface area contributed by atoms with E-state index >= 15 is 0 Å². The summed E-state index contributed by atoms with van der Waals surface area (Å²) < 4.78 is 10.4. The van der Waals surface area contributed by atoms with E-state index in [-0.39, 0.29) is 12.5 Å². The molecule has 0 saturated heterocycles. The van der Waals surface area contributed by atoms with Gasteiger partial charge in [-0.15, -0.1) is 0 Å². The van der Waals surface area contributed by atoms with E-state index in [1.54, 1.807) is 38.5 Å². The van der Waals surface area contributed by atoms with Crippen LogP contribution in [0.4, 0.5) is 5.69 Å². The van der Waals surface area contributed by atoms with Crippen LogP contribution in [0.25, 0.3) is 0 Å². The first kappa shape index (κ1) is 19.4. The Morgan fingerprint density at radius 3 is 2.60 bits per heavy atom. The van der Waals surface area contributed by atoms with Crippen molar-refractivity contribution in [2.45, 2.75) is 6.54 Å². The molecule has 0 aromatic heterocycles. The van der Waals surface area contributed by atoms with Gasteiger partial charge in [0.15, 0.2) is 6.54 Å². The summed E-state index contributed by atoms with van der Waals surface area (Å²) in [7, 11) is 5.04. The van der Waals surface area contributed by atoms with Crippen molar-refractivity contribution in [1.82, 2.24) is 0 Å². The Labute approximate surface area is 157 Å². The molecule has 0 fully saturated rings. The molecule has 0 heterocycles. The van der Waals surface area contributed by atoms with Gasteiger partial charge in [-0.1, -0.05) is 35.3 Å². The minimum atomic E-state index is -0.126. The zero-order valence-electron chi connectivity index (χ0n) is 14.4. The summed E-state index contributed by atoms with van der Waals surface area (Å²) in [4.78, 5) is 13.3. The summed E-state index contributed by atoms with van der Waals surface area (Å²) in [6.07, 6.45) is 0. The maximum atomic E-state index is 12.3. The number of amides is 1. The lowest BCUT2D eigenvalue weighted by Crippen LogP contribution is -3.08. The zero-order chi connectivity index (χ0) is 18.4. The van der Waals surface area contributed by atoms with Gasteiger partial charge in [0.1, 0.15) is 18.0 Å². The molecule has 0 spiro atoms. The van der Waals surface area contributed by atoms with Crippen LogP contribution in [0.3, 0.4) is 0 Å². The summed E-state index contributed by atoms with van der Waals surface area (Å²) in [6.45, 7) is 0.866. The van der Waals surface area contributed by atoms with Gasteiger partial charge in [0, 0.05) is 11.6 Å². The van der Waals surface area contributed by atoms with E-state index < -0.39 is 0 Å². The maximum Gasteiger partial charge on any atom is 0.279 e. The number of benzene rings is 2. The minimum Gasteiger partial charge on any atom is -0.497 e. The average Bonchev–Trinajstić information content (AvgIpc) is 2.59. The number of methoxy groups -OCH3 is 2. The van der Waals surface area contributed by atoms with Crippen molar-refractivity contribution in [2.75, 3.05) is 33.1 Å². The third-order valence-corrected chi connectivity index (χ3v) is 4.53. The summed E-state index contributed by atoms with van der Waals surface area (Å²) in [5.41, 5.74) is 1.50. The fourth-order valence-corrected chi connectivity index (χ4v) is 2.83. The molecule has 0 aliphatic rings. The predicted octanol–water partition coefficient (Wildman–Crippen LogP) is 2.66. The van der Waals surface area contributed by atoms with Crippen LogP contribution in [-0.2, 0) is 11.3 Å². The van der Waals surface area contributed by atoms with Crippen molar-refractivity contribution in [1.29, 1.82) is 0 Å². The number of hydrogen-bond donors (Lipinski definition) is 2. The molecule has 1 unspecified atom stereocenters. The molecule has 7 heteroatoms. The quantitative estimate of drug-likeness (QED) is 0.772. The molecular weight excluding hydrogens is 363 g/mol. The Balaban J connectivity index is 1.99. The number of carbonyl (C=O) groups excluding carboxylic acids is 1. The highest BCUT2D eigenvalue weighted by molar-refractivity contribution is 6.42. The second kappa shape index (κ2) is 8.94. The third kappa shape index (κ3) is 5.26. The number of quaternary nitrogens is 1. The molecular formula is C18H21Cl2N2O3+. The molecule has 134 valence electrons. The molecule has 1 atom stereocenters. The fourth-order valence-electron chi connectivity index (χ4n) is 2.44. The molecule has 0 radical (unpaired) electrons. The number of rotatable bonds is 7. The molecule has 0 bridgehead atoms. The number of nitrogens with one attached hydrogen (secondary N) is 2. The van der Waals surface area contributed by atoms with Crippen LogP contribution in [0.1, 0.15) is 5.56 Å². The number of halogens is 2. The first-order valence-electron chi connectivity index (χ1n) is 7.70. The standard InChI is InChI=1S/C18H20Cl2N2O3/c1-22(10-12-5-4-6-14(19)18(12)20)11-17(23)21-15-8-7-13(24-2)9-16(15)25-3/h4-9H,10-11H2,1-3H3,(H,21,23)/p+1. The van der Waals surface area contributed by atoms with Crippen LogP contribution in [-0.4, -0.2) is 33.7 Å². The van der Waals surface area contributed by atoms with Crippen LogP contribution in [0, 0.1) is 0 Å². The fraction of sp³-hybridized carbons (Fsp3) is 0.278. The van der Waals surface area contributed by atoms with E-state index in [4.69, 9.17) is 32.7 Å². The topological polar surface area (TPSA) is 52.0 Å². The molecule has 2 aromatic carbocycles. The molecule has 0 aliphatic heterocycles. The van der Waals surface area contributed by atoms with Gasteiger partial charge in [-0.05, 0) is 18.2 Å². The highest BCUT2D eigenvalue weighted by atomic mass is 35.5. The number of anilines is 1. The van der Waals surface area contributed by atoms with Gasteiger partial charge in [-0.2, -0.15) is 0 Å². The van der Waals surface area contributed by atoms with Gasteiger partial charge in [0.05, 0.1) is 37.0 Å². The first-order valence-corrected chi connectivity index (χ1v) is 8.46. The van der Waals surface area contributed by atoms with Gasteiger partial charge < -0.3 is 19.7 Å². The van der Waals surface area contributed by atoms with Crippen LogP contribution in [0.15, 0.2) is 36.4 Å². The highest BCUT2D eigenvalue weighted by Gasteiger charge is 2.15. The van der Waals surface area contributed by atoms with Crippen LogP contribution < -0.4 is 19.7 Å². The molecule has 0 saturated carbocycles. The van der Waals surface area contributed by atoms with E-state index in [2.05, 4.69) is 5.32 Å². The smallest absolute Gasteiger partial charge is 0.279 e. The maximum absolute atomic E-state index is 12.3. The van der Waals surface area contributed by atoms with Crippen molar-refractivity contribution < 1.29 is 19.2 Å². The molecule has 0 aliphatic carbocycles. The molecule has 1 amide bonds. The second-order valence-electron chi connectivity index (χ2n) is 5.64. The molecule has 2 rings (SSSR count). The largest absolute Gasteiger partial charge is 0.497 e. The SMILES string of the molecule is COc1ccc(NC(=O)C[NH+](C)Cc2cccc(Cl)c2Cl)c(OC)c1. The number of ether oxygens (including phenoxy) is 2. The van der Waals surface area contributed by atoms with Crippen LogP contribution in [0.5, 0.6) is 11.5 Å². The normalized spacial score (nSPS) is 11.7. The molecule has 2 N–H and O–H groups in total. The van der Waals surface area contributed by atoms with Crippen molar-refractivity contribution in [3.05, 3.63) is 52.0 Å². The Morgan fingerprint density at radius 1 is 1.16 bits per heavy atom. The van der Waals surface area contributed by atoms with Gasteiger partial charge >= 0.3 is 0 Å². The van der Waals surface area contributed by atoms with E-state index in [9.17, 15) is 4.79 Å². The number of likely N-dealkylation sites (N-methyl/N-ethyl adjacent to an activating group) is 1. The van der Waals surface area contributed by atoms with E-state index in [1.807, 2.05) is 19.2 Å². The minimum absolute atomic E-state index is 0.126. The Hall–Kier alpha value is -1.95. The predicted molar refractivity (Wildman–Crippen MR) is 100 cm³/mol. The van der Waals surface area contributed by atoms with E-state index in [1.165, 1.54) is 0 Å². The monoisotopic (exact) mass is 383 g/mol. The molecule has 2 aromatic rings. The summed E-state index contributed by atoms with van der Waals surface area (Å²) in [5, 5.41) is 3.90. The van der Waals surface area contributed by atoms with Crippen LogP contribution >= 0.6 is 23.2 Å². The highest BCUT2D eigenvalue weighted by Crippen LogP contribution is 2.29. The van der Waals surface area contributed by atoms with E-state index in [0.29, 0.717) is 33.8 Å². The van der Waals surface area contributed by atoms with Gasteiger partial charge in [0.25, 0.3) is 5.91 Å². The second-order valence-corrected chi connectivity index (χ2v) is 6.42. The Kier molecular flexibility index (Phi) is 6.93. The molecule has 5 nitrogen and oxygen atoms in total. The van der Waals surface area contributed by atoms with Gasteiger partial charge in [-0.25, -0.2) is 0 Å². The molecule has 25 heavy (non-hydrogen) atoms. The Morgan fingerprint density at radius 2 is 1.92 bits per heavy atom. The van der Waals surface area contributed by atoms with Crippen molar-refractivity contribution >= 4 is 34.8 Å². The average molecular weight is 384 g/mol. The lowest BCUT2D eigenvalue weighted by Gasteiger charge is -2.16. The van der Waals surface area contributed by atoms with Crippen molar-refractivity contribution in [3.8, 4) is 11.5 Å². The lowest BCUT2D eigenvalue weighted by molar-refractivity contribution is -0.885. The van der Waals surface area contributed by atoms with Crippen molar-refractivity contribution in [2.24, 2.45) is 0 Å². The Bertz CT molecular complexity index is 753. The summed E-state index contributed by atoms with van der Waals surface area (Å²) in [5.74, 6) is 1.08. The zero-order valence-corrected chi connectivity index (χ0v) is 15.9. The lowest BCUT2D eigenvalue weighted by atomic mass is 10.2. The number of carbonyl (C=O) groups is 1. The van der Waals surface area contributed by atoms with Gasteiger partial charge in [0.2, 0.25) is 0 Å². The summed E-state index contributed by atoms with van der Waals surface area (Å²) in [6, 6.07) is 10.7. The van der Waals surface area contributed by atoms with Crippen LogP contribution in [0.2, 0.25) is 10.0 Å². The van der Waals surface area contributed by atoms with Gasteiger partial charge in [-0.3, -0.25) is 4.79 Å². The van der Waals surface area contributed by atoms with Crippen molar-refractivity contribution in [3.63, 3.8) is 0 Å².